The van der Waals surface area contributed by atoms with E-state index in [1.165, 1.54) is 0 Å². The number of oxazole rings is 1. The quantitative estimate of drug-likeness (QED) is 0.486. The molecular formula is C26H23N3O2. The van der Waals surface area contributed by atoms with Crippen LogP contribution in [0.3, 0.4) is 0 Å². The Hall–Kier alpha value is -3.60. The fourth-order valence-corrected chi connectivity index (χ4v) is 4.89. The largest absolute Gasteiger partial charge is 0.423 e. The Bertz CT molecular complexity index is 1220. The molecule has 0 spiro atoms. The number of hydrogen-bond acceptors (Lipinski definition) is 4. The predicted molar refractivity (Wildman–Crippen MR) is 121 cm³/mol. The van der Waals surface area contributed by atoms with Gasteiger partial charge in [0.25, 0.3) is 11.9 Å². The van der Waals surface area contributed by atoms with Crippen LogP contribution in [0.4, 0.5) is 6.01 Å². The molecule has 3 aromatic carbocycles. The average molecular weight is 409 g/mol. The van der Waals surface area contributed by atoms with Crippen molar-refractivity contribution >= 4 is 23.0 Å². The summed E-state index contributed by atoms with van der Waals surface area (Å²) < 4.78 is 5.98. The highest BCUT2D eigenvalue weighted by Crippen LogP contribution is 2.37. The molecule has 1 aromatic heterocycles. The van der Waals surface area contributed by atoms with Crippen molar-refractivity contribution in [1.29, 1.82) is 0 Å². The number of amides is 1. The van der Waals surface area contributed by atoms with Crippen LogP contribution in [0.5, 0.6) is 0 Å². The number of piperidine rings is 1. The van der Waals surface area contributed by atoms with Crippen LogP contribution < -0.4 is 4.90 Å². The van der Waals surface area contributed by atoms with E-state index in [1.54, 1.807) is 0 Å². The van der Waals surface area contributed by atoms with E-state index >= 15 is 0 Å². The number of rotatable bonds is 3. The molecule has 2 aliphatic rings. The van der Waals surface area contributed by atoms with Gasteiger partial charge in [-0.2, -0.15) is 4.98 Å². The summed E-state index contributed by atoms with van der Waals surface area (Å²) >= 11 is 0. The zero-order chi connectivity index (χ0) is 20.8. The molecule has 2 fully saturated rings. The molecule has 0 N–H and O–H groups in total. The summed E-state index contributed by atoms with van der Waals surface area (Å²) in [7, 11) is 0. The first-order valence-electron chi connectivity index (χ1n) is 10.8. The summed E-state index contributed by atoms with van der Waals surface area (Å²) in [5, 5.41) is 0. The first-order valence-corrected chi connectivity index (χ1v) is 10.8. The summed E-state index contributed by atoms with van der Waals surface area (Å²) in [5.74, 6) is 0.661. The Labute approximate surface area is 180 Å². The normalized spacial score (nSPS) is 20.4. The monoisotopic (exact) mass is 409 g/mol. The first kappa shape index (κ1) is 18.2. The van der Waals surface area contributed by atoms with E-state index in [9.17, 15) is 4.79 Å². The Balaban J connectivity index is 1.25. The molecule has 6 rings (SSSR count). The van der Waals surface area contributed by atoms with Crippen LogP contribution in [0.2, 0.25) is 0 Å². The van der Waals surface area contributed by atoms with Crippen molar-refractivity contribution in [2.45, 2.75) is 12.5 Å². The molecule has 0 radical (unpaired) electrons. The number of fused-ring (bicyclic) bond motifs is 2. The molecule has 4 aromatic rings. The number of hydrogen-bond donors (Lipinski definition) is 0. The average Bonchev–Trinajstić information content (AvgIpc) is 3.25. The van der Waals surface area contributed by atoms with E-state index in [-0.39, 0.29) is 11.9 Å². The maximum absolute atomic E-state index is 13.5. The van der Waals surface area contributed by atoms with Crippen LogP contribution in [0, 0.1) is 5.92 Å². The summed E-state index contributed by atoms with van der Waals surface area (Å²) in [5.41, 5.74) is 4.51. The molecule has 2 saturated heterocycles. The standard InChI is InChI=1S/C26H23N3O2/c30-25(21-11-5-4-10-20(21)18-8-2-1-3-9-18)29-16-19-14-15-28(17-23(19)29)26-27-22-12-6-7-13-24(22)31-26/h1-13,19,23H,14-17H2. The number of likely N-dealkylation sites (tertiary alicyclic amines) is 1. The predicted octanol–water partition coefficient (Wildman–Crippen LogP) is 4.85. The van der Waals surface area contributed by atoms with Crippen molar-refractivity contribution in [2.75, 3.05) is 24.5 Å². The topological polar surface area (TPSA) is 49.6 Å². The van der Waals surface area contributed by atoms with Crippen LogP contribution in [0.1, 0.15) is 16.8 Å². The fourth-order valence-electron chi connectivity index (χ4n) is 4.89. The van der Waals surface area contributed by atoms with Gasteiger partial charge in [0, 0.05) is 31.1 Å². The minimum absolute atomic E-state index is 0.111. The van der Waals surface area contributed by atoms with Crippen LogP contribution in [0.15, 0.2) is 83.3 Å². The van der Waals surface area contributed by atoms with Crippen molar-refractivity contribution in [3.8, 4) is 11.1 Å². The highest BCUT2D eigenvalue weighted by Gasteiger charge is 2.46. The highest BCUT2D eigenvalue weighted by molar-refractivity contribution is 6.01. The second-order valence-electron chi connectivity index (χ2n) is 8.40. The Kier molecular flexibility index (Phi) is 4.27. The molecule has 3 heterocycles. The Morgan fingerprint density at radius 2 is 1.68 bits per heavy atom. The number of para-hydroxylation sites is 2. The van der Waals surface area contributed by atoms with Gasteiger partial charge in [-0.25, -0.2) is 0 Å². The minimum atomic E-state index is 0.111. The summed E-state index contributed by atoms with van der Waals surface area (Å²) in [6, 6.07) is 26.7. The van der Waals surface area contributed by atoms with Crippen molar-refractivity contribution < 1.29 is 9.21 Å². The summed E-state index contributed by atoms with van der Waals surface area (Å²) in [4.78, 5) is 22.4. The zero-order valence-electron chi connectivity index (χ0n) is 17.1. The van der Waals surface area contributed by atoms with Crippen molar-refractivity contribution in [3.63, 3.8) is 0 Å². The van der Waals surface area contributed by atoms with Crippen LogP contribution >= 0.6 is 0 Å². The maximum atomic E-state index is 13.5. The minimum Gasteiger partial charge on any atom is -0.423 e. The second-order valence-corrected chi connectivity index (χ2v) is 8.40. The maximum Gasteiger partial charge on any atom is 0.298 e. The van der Waals surface area contributed by atoms with Crippen LogP contribution in [0.25, 0.3) is 22.2 Å². The van der Waals surface area contributed by atoms with Crippen LogP contribution in [-0.2, 0) is 0 Å². The number of nitrogens with zero attached hydrogens (tertiary/aromatic N) is 3. The molecule has 154 valence electrons. The van der Waals surface area contributed by atoms with Gasteiger partial charge >= 0.3 is 0 Å². The molecule has 0 aliphatic carbocycles. The summed E-state index contributed by atoms with van der Waals surface area (Å²) in [6.45, 7) is 2.50. The van der Waals surface area contributed by atoms with E-state index in [0.717, 1.165) is 53.8 Å². The molecule has 2 unspecified atom stereocenters. The number of anilines is 1. The third-order valence-electron chi connectivity index (χ3n) is 6.61. The van der Waals surface area contributed by atoms with Gasteiger partial charge in [0.1, 0.15) is 5.52 Å². The van der Waals surface area contributed by atoms with E-state index in [0.29, 0.717) is 11.9 Å². The molecule has 31 heavy (non-hydrogen) atoms. The van der Waals surface area contributed by atoms with Crippen LogP contribution in [-0.4, -0.2) is 41.5 Å². The second kappa shape index (κ2) is 7.27. The van der Waals surface area contributed by atoms with Gasteiger partial charge in [0.05, 0.1) is 6.04 Å². The van der Waals surface area contributed by atoms with Gasteiger partial charge in [-0.3, -0.25) is 4.79 Å². The molecule has 2 aliphatic heterocycles. The molecule has 5 heteroatoms. The molecular weight excluding hydrogens is 386 g/mol. The van der Waals surface area contributed by atoms with Crippen molar-refractivity contribution in [1.82, 2.24) is 9.88 Å². The van der Waals surface area contributed by atoms with Gasteiger partial charge < -0.3 is 14.2 Å². The number of benzene rings is 3. The van der Waals surface area contributed by atoms with Gasteiger partial charge in [-0.05, 0) is 35.7 Å². The first-order chi connectivity index (χ1) is 15.3. The molecule has 5 nitrogen and oxygen atoms in total. The van der Waals surface area contributed by atoms with E-state index in [1.807, 2.05) is 71.6 Å². The van der Waals surface area contributed by atoms with E-state index in [2.05, 4.69) is 22.0 Å². The Morgan fingerprint density at radius 3 is 2.55 bits per heavy atom. The number of carbonyl (C=O) groups is 1. The lowest BCUT2D eigenvalue weighted by molar-refractivity contribution is 0.00734. The van der Waals surface area contributed by atoms with Gasteiger partial charge in [0.2, 0.25) is 0 Å². The van der Waals surface area contributed by atoms with Crippen molar-refractivity contribution in [2.24, 2.45) is 5.92 Å². The Morgan fingerprint density at radius 1 is 0.903 bits per heavy atom. The highest BCUT2D eigenvalue weighted by atomic mass is 16.4. The lowest BCUT2D eigenvalue weighted by atomic mass is 9.81. The molecule has 0 saturated carbocycles. The lowest BCUT2D eigenvalue weighted by Crippen LogP contribution is -2.65. The fraction of sp³-hybridized carbons (Fsp3) is 0.231. The lowest BCUT2D eigenvalue weighted by Gasteiger charge is -2.53. The van der Waals surface area contributed by atoms with E-state index < -0.39 is 0 Å². The molecule has 1 amide bonds. The van der Waals surface area contributed by atoms with Gasteiger partial charge in [-0.15, -0.1) is 0 Å². The zero-order valence-corrected chi connectivity index (χ0v) is 17.1. The third-order valence-corrected chi connectivity index (χ3v) is 6.61. The van der Waals surface area contributed by atoms with E-state index in [4.69, 9.17) is 4.42 Å². The van der Waals surface area contributed by atoms with Gasteiger partial charge in [0.15, 0.2) is 5.58 Å². The van der Waals surface area contributed by atoms with Gasteiger partial charge in [-0.1, -0.05) is 60.7 Å². The van der Waals surface area contributed by atoms with Crippen molar-refractivity contribution in [3.05, 3.63) is 84.4 Å². The molecule has 0 bridgehead atoms. The number of carbonyl (C=O) groups excluding carboxylic acids is 1. The smallest absolute Gasteiger partial charge is 0.298 e. The summed E-state index contributed by atoms with van der Waals surface area (Å²) in [6.07, 6.45) is 1.05. The SMILES string of the molecule is O=C(c1ccccc1-c1ccccc1)N1CC2CCN(c3nc4ccccc4o3)CC21. The molecule has 2 atom stereocenters. The number of aromatic nitrogens is 1. The third kappa shape index (κ3) is 3.08.